The number of carbonyl (C=O) groups excluding carboxylic acids is 2. The normalized spacial score (nSPS) is 21.0. The van der Waals surface area contributed by atoms with Crippen molar-refractivity contribution < 1.29 is 22.5 Å². The summed E-state index contributed by atoms with van der Waals surface area (Å²) in [6.07, 6.45) is 2.19. The van der Waals surface area contributed by atoms with E-state index < -0.39 is 9.84 Å². The van der Waals surface area contributed by atoms with E-state index in [9.17, 15) is 18.0 Å². The lowest BCUT2D eigenvalue weighted by molar-refractivity contribution is -0.136. The lowest BCUT2D eigenvalue weighted by Crippen LogP contribution is -2.45. The minimum atomic E-state index is -2.98. The van der Waals surface area contributed by atoms with Gasteiger partial charge < -0.3 is 14.3 Å². The van der Waals surface area contributed by atoms with Crippen molar-refractivity contribution in [2.24, 2.45) is 5.92 Å². The maximum atomic E-state index is 12.8. The summed E-state index contributed by atoms with van der Waals surface area (Å²) in [5.74, 6) is 1.16. The monoisotopic (exact) mass is 440 g/mol. The predicted molar refractivity (Wildman–Crippen MR) is 113 cm³/mol. The molecular weight excluding hydrogens is 408 g/mol. The number of anilines is 1. The molecule has 2 aliphatic rings. The Kier molecular flexibility index (Phi) is 6.74. The molecule has 2 saturated heterocycles. The number of rotatable bonds is 2. The van der Waals surface area contributed by atoms with Crippen LogP contribution in [0.15, 0.2) is 10.6 Å². The molecule has 3 amide bonds. The van der Waals surface area contributed by atoms with Gasteiger partial charge in [0.15, 0.2) is 5.82 Å². The van der Waals surface area contributed by atoms with Crippen molar-refractivity contribution >= 4 is 27.6 Å². The van der Waals surface area contributed by atoms with Gasteiger partial charge in [-0.25, -0.2) is 13.2 Å². The molecule has 0 spiro atoms. The summed E-state index contributed by atoms with van der Waals surface area (Å²) in [7, 11) is -2.98. The van der Waals surface area contributed by atoms with E-state index in [2.05, 4.69) is 10.5 Å². The van der Waals surface area contributed by atoms with E-state index >= 15 is 0 Å². The maximum Gasteiger partial charge on any atom is 0.323 e. The second kappa shape index (κ2) is 8.95. The molecule has 0 saturated carbocycles. The second-order valence-corrected chi connectivity index (χ2v) is 11.5. The van der Waals surface area contributed by atoms with Crippen LogP contribution in [0.2, 0.25) is 0 Å². The molecule has 3 heterocycles. The summed E-state index contributed by atoms with van der Waals surface area (Å²) in [6.45, 7) is 8.26. The first-order chi connectivity index (χ1) is 14.0. The van der Waals surface area contributed by atoms with E-state index in [0.29, 0.717) is 63.4 Å². The molecule has 2 aliphatic heterocycles. The third-order valence-electron chi connectivity index (χ3n) is 5.70. The van der Waals surface area contributed by atoms with E-state index in [-0.39, 0.29) is 34.8 Å². The van der Waals surface area contributed by atoms with Gasteiger partial charge in [-0.05, 0) is 25.7 Å². The van der Waals surface area contributed by atoms with Crippen molar-refractivity contribution in [1.82, 2.24) is 15.0 Å². The second-order valence-electron chi connectivity index (χ2n) is 9.20. The van der Waals surface area contributed by atoms with Crippen LogP contribution in [0, 0.1) is 5.92 Å². The Labute approximate surface area is 178 Å². The van der Waals surface area contributed by atoms with Gasteiger partial charge in [-0.2, -0.15) is 0 Å². The van der Waals surface area contributed by atoms with Gasteiger partial charge in [-0.1, -0.05) is 25.9 Å². The Hall–Kier alpha value is -2.10. The molecule has 0 aromatic carbocycles. The summed E-state index contributed by atoms with van der Waals surface area (Å²) in [5.41, 5.74) is -0.186. The number of aromatic nitrogens is 1. The number of amides is 3. The molecule has 1 aromatic heterocycles. The van der Waals surface area contributed by atoms with Crippen molar-refractivity contribution in [2.75, 3.05) is 43.0 Å². The van der Waals surface area contributed by atoms with Gasteiger partial charge >= 0.3 is 6.03 Å². The lowest BCUT2D eigenvalue weighted by Gasteiger charge is -2.33. The van der Waals surface area contributed by atoms with E-state index in [0.717, 1.165) is 0 Å². The first-order valence-electron chi connectivity index (χ1n) is 10.6. The average Bonchev–Trinajstić information content (AvgIpc) is 3.10. The Morgan fingerprint density at radius 3 is 2.17 bits per heavy atom. The fraction of sp³-hybridized carbons (Fsp3) is 0.750. The van der Waals surface area contributed by atoms with Crippen LogP contribution in [0.1, 0.15) is 52.2 Å². The van der Waals surface area contributed by atoms with Crippen molar-refractivity contribution in [1.29, 1.82) is 0 Å². The molecule has 0 bridgehead atoms. The zero-order chi connectivity index (χ0) is 21.9. The molecule has 3 rings (SSSR count). The van der Waals surface area contributed by atoms with Crippen LogP contribution in [0.4, 0.5) is 10.6 Å². The highest BCUT2D eigenvalue weighted by Crippen LogP contribution is 2.25. The number of urea groups is 1. The highest BCUT2D eigenvalue weighted by molar-refractivity contribution is 7.91. The van der Waals surface area contributed by atoms with Gasteiger partial charge in [0.1, 0.15) is 15.6 Å². The smallest absolute Gasteiger partial charge is 0.323 e. The third-order valence-corrected chi connectivity index (χ3v) is 7.41. The molecule has 0 radical (unpaired) electrons. The van der Waals surface area contributed by atoms with Gasteiger partial charge in [0.05, 0.1) is 11.5 Å². The number of carbonyl (C=O) groups is 2. The molecule has 168 valence electrons. The van der Waals surface area contributed by atoms with Crippen LogP contribution in [0.25, 0.3) is 0 Å². The van der Waals surface area contributed by atoms with E-state index in [1.165, 1.54) is 0 Å². The first-order valence-corrected chi connectivity index (χ1v) is 12.4. The summed E-state index contributed by atoms with van der Waals surface area (Å²) >= 11 is 0. The molecular formula is C20H32N4O5S. The highest BCUT2D eigenvalue weighted by atomic mass is 32.2. The Balaban J connectivity index is 1.49. The Morgan fingerprint density at radius 1 is 1.07 bits per heavy atom. The third kappa shape index (κ3) is 5.74. The Bertz CT molecular complexity index is 850. The predicted octanol–water partition coefficient (Wildman–Crippen LogP) is 2.25. The summed E-state index contributed by atoms with van der Waals surface area (Å²) in [6, 6.07) is 1.52. The number of nitrogens with one attached hydrogen (secondary N) is 1. The van der Waals surface area contributed by atoms with Gasteiger partial charge in [0.25, 0.3) is 0 Å². The molecule has 0 unspecified atom stereocenters. The molecule has 0 atom stereocenters. The van der Waals surface area contributed by atoms with Crippen LogP contribution in [-0.2, 0) is 20.0 Å². The highest BCUT2D eigenvalue weighted by Gasteiger charge is 2.32. The standard InChI is InChI=1S/C20H32N4O5S/c1-20(2,3)16-14-17(22-29-16)21-19(26)24-10-4-8-23(9-5-11-24)18(25)15-6-12-30(27,28)13-7-15/h14-15H,4-13H2,1-3H3,(H,21,22,26). The largest absolute Gasteiger partial charge is 0.359 e. The van der Waals surface area contributed by atoms with Crippen molar-refractivity contribution in [3.05, 3.63) is 11.8 Å². The minimum absolute atomic E-state index is 0.0557. The Morgan fingerprint density at radius 2 is 1.63 bits per heavy atom. The summed E-state index contributed by atoms with van der Waals surface area (Å²) in [5, 5.41) is 6.72. The quantitative estimate of drug-likeness (QED) is 0.755. The SMILES string of the molecule is CC(C)(C)c1cc(NC(=O)N2CCCN(C(=O)C3CCS(=O)(=O)CC3)CCC2)no1. The van der Waals surface area contributed by atoms with Crippen molar-refractivity contribution in [2.45, 2.75) is 51.9 Å². The maximum absolute atomic E-state index is 12.8. The van der Waals surface area contributed by atoms with Crippen LogP contribution in [-0.4, -0.2) is 73.0 Å². The van der Waals surface area contributed by atoms with Crippen LogP contribution in [0.5, 0.6) is 0 Å². The van der Waals surface area contributed by atoms with Crippen molar-refractivity contribution in [3.63, 3.8) is 0 Å². The van der Waals surface area contributed by atoms with E-state index in [1.54, 1.807) is 11.0 Å². The number of hydrogen-bond donors (Lipinski definition) is 1. The lowest BCUT2D eigenvalue weighted by atomic mass is 9.93. The summed E-state index contributed by atoms with van der Waals surface area (Å²) < 4.78 is 28.5. The molecule has 2 fully saturated rings. The molecule has 0 aliphatic carbocycles. The topological polar surface area (TPSA) is 113 Å². The van der Waals surface area contributed by atoms with Gasteiger partial charge in [0, 0.05) is 43.6 Å². The number of hydrogen-bond acceptors (Lipinski definition) is 6. The fourth-order valence-corrected chi connectivity index (χ4v) is 5.31. The average molecular weight is 441 g/mol. The van der Waals surface area contributed by atoms with Crippen molar-refractivity contribution in [3.8, 4) is 0 Å². The minimum Gasteiger partial charge on any atom is -0.359 e. The molecule has 9 nitrogen and oxygen atoms in total. The molecule has 1 aromatic rings. The summed E-state index contributed by atoms with van der Waals surface area (Å²) in [4.78, 5) is 29.0. The first kappa shape index (κ1) is 22.6. The number of sulfone groups is 1. The molecule has 1 N–H and O–H groups in total. The molecule has 30 heavy (non-hydrogen) atoms. The van der Waals surface area contributed by atoms with Crippen LogP contribution in [0.3, 0.4) is 0 Å². The van der Waals surface area contributed by atoms with Gasteiger partial charge in [0.2, 0.25) is 5.91 Å². The van der Waals surface area contributed by atoms with Crippen LogP contribution >= 0.6 is 0 Å². The van der Waals surface area contributed by atoms with E-state index in [4.69, 9.17) is 4.52 Å². The van der Waals surface area contributed by atoms with Gasteiger partial charge in [-0.3, -0.25) is 10.1 Å². The zero-order valence-corrected chi connectivity index (χ0v) is 18.8. The number of nitrogens with zero attached hydrogens (tertiary/aromatic N) is 3. The zero-order valence-electron chi connectivity index (χ0n) is 18.0. The van der Waals surface area contributed by atoms with Gasteiger partial charge in [-0.15, -0.1) is 0 Å². The fourth-order valence-electron chi connectivity index (χ4n) is 3.82. The van der Waals surface area contributed by atoms with Crippen LogP contribution < -0.4 is 5.32 Å². The van der Waals surface area contributed by atoms with E-state index in [1.807, 2.05) is 25.7 Å². The molecule has 10 heteroatoms.